The maximum atomic E-state index is 3.91. The van der Waals surface area contributed by atoms with Gasteiger partial charge in [0, 0.05) is 13.1 Å². The predicted molar refractivity (Wildman–Crippen MR) is 46.8 cm³/mol. The van der Waals surface area contributed by atoms with Gasteiger partial charge in [0.15, 0.2) is 0 Å². The summed E-state index contributed by atoms with van der Waals surface area (Å²) in [5.41, 5.74) is 0. The lowest BCUT2D eigenvalue weighted by Crippen LogP contribution is -2.20. The van der Waals surface area contributed by atoms with Crippen LogP contribution < -0.4 is 5.32 Å². The number of rotatable bonds is 5. The van der Waals surface area contributed by atoms with Crippen LogP contribution in [-0.2, 0) is 0 Å². The van der Waals surface area contributed by atoms with Gasteiger partial charge in [-0.1, -0.05) is 0 Å². The van der Waals surface area contributed by atoms with Gasteiger partial charge in [-0.05, 0) is 39.4 Å². The van der Waals surface area contributed by atoms with Gasteiger partial charge >= 0.3 is 0 Å². The van der Waals surface area contributed by atoms with E-state index in [0.29, 0.717) is 6.04 Å². The summed E-state index contributed by atoms with van der Waals surface area (Å²) in [4.78, 5) is 3.91. The van der Waals surface area contributed by atoms with Gasteiger partial charge in [-0.25, -0.2) is 0 Å². The Balaban J connectivity index is 3.03. The predicted octanol–water partition coefficient (Wildman–Crippen LogP) is 1.47. The quantitative estimate of drug-likeness (QED) is 0.456. The van der Waals surface area contributed by atoms with Crippen molar-refractivity contribution in [3.05, 3.63) is 0 Å². The number of nitrogens with one attached hydrogen (secondary N) is 1. The van der Waals surface area contributed by atoms with Crippen LogP contribution in [0, 0.1) is 0 Å². The van der Waals surface area contributed by atoms with Crippen LogP contribution in [0.1, 0.15) is 26.2 Å². The summed E-state index contributed by atoms with van der Waals surface area (Å²) in [6.45, 7) is 2.20. The lowest BCUT2D eigenvalue weighted by Gasteiger charge is -2.07. The Hall–Kier alpha value is -0.370. The van der Waals surface area contributed by atoms with Crippen LogP contribution in [0.15, 0.2) is 4.99 Å². The van der Waals surface area contributed by atoms with Gasteiger partial charge in [0.25, 0.3) is 0 Å². The Kier molecular flexibility index (Phi) is 6.50. The zero-order chi connectivity index (χ0) is 7.82. The molecule has 0 spiro atoms. The van der Waals surface area contributed by atoms with Crippen LogP contribution in [0.4, 0.5) is 0 Å². The summed E-state index contributed by atoms with van der Waals surface area (Å²) in [7, 11) is 3.82. The van der Waals surface area contributed by atoms with E-state index in [0.717, 1.165) is 6.42 Å². The molecule has 0 aromatic heterocycles. The molecule has 0 fully saturated rings. The monoisotopic (exact) mass is 142 g/mol. The molecule has 1 N–H and O–H groups in total. The minimum Gasteiger partial charge on any atom is -0.317 e. The smallest absolute Gasteiger partial charge is 0.0273 e. The third-order valence-corrected chi connectivity index (χ3v) is 1.65. The minimum atomic E-state index is 0.644. The SMILES string of the molecule is C/N=C/CCCC(C)NC. The van der Waals surface area contributed by atoms with E-state index in [1.807, 2.05) is 20.3 Å². The van der Waals surface area contributed by atoms with Gasteiger partial charge in [0.2, 0.25) is 0 Å². The lowest BCUT2D eigenvalue weighted by molar-refractivity contribution is 0.550. The van der Waals surface area contributed by atoms with Crippen molar-refractivity contribution in [2.24, 2.45) is 4.99 Å². The first-order valence-corrected chi connectivity index (χ1v) is 3.89. The molecule has 0 saturated carbocycles. The molecule has 0 rings (SSSR count). The zero-order valence-electron chi connectivity index (χ0n) is 7.22. The fourth-order valence-electron chi connectivity index (χ4n) is 0.789. The molecule has 1 unspecified atom stereocenters. The Labute approximate surface area is 63.7 Å². The first-order chi connectivity index (χ1) is 4.81. The van der Waals surface area contributed by atoms with E-state index in [2.05, 4.69) is 17.2 Å². The van der Waals surface area contributed by atoms with Crippen LogP contribution >= 0.6 is 0 Å². The summed E-state index contributed by atoms with van der Waals surface area (Å²) in [6, 6.07) is 0.644. The normalized spacial score (nSPS) is 14.3. The maximum absolute atomic E-state index is 3.91. The second kappa shape index (κ2) is 6.75. The second-order valence-corrected chi connectivity index (χ2v) is 2.56. The Morgan fingerprint density at radius 2 is 2.30 bits per heavy atom. The summed E-state index contributed by atoms with van der Waals surface area (Å²) >= 11 is 0. The molecule has 2 heteroatoms. The highest BCUT2D eigenvalue weighted by Gasteiger charge is 1.94. The van der Waals surface area contributed by atoms with Crippen LogP contribution in [0.5, 0.6) is 0 Å². The Bertz CT molecular complexity index is 89.3. The fourth-order valence-corrected chi connectivity index (χ4v) is 0.789. The molecule has 0 aliphatic carbocycles. The van der Waals surface area contributed by atoms with E-state index in [4.69, 9.17) is 0 Å². The van der Waals surface area contributed by atoms with Gasteiger partial charge in [-0.3, -0.25) is 0 Å². The van der Waals surface area contributed by atoms with E-state index >= 15 is 0 Å². The minimum absolute atomic E-state index is 0.644. The average molecular weight is 142 g/mol. The summed E-state index contributed by atoms with van der Waals surface area (Å²) in [6.07, 6.45) is 5.56. The van der Waals surface area contributed by atoms with Crippen molar-refractivity contribution in [3.8, 4) is 0 Å². The van der Waals surface area contributed by atoms with Crippen molar-refractivity contribution in [1.29, 1.82) is 0 Å². The number of aliphatic imine (C=N–C) groups is 1. The number of hydrogen-bond acceptors (Lipinski definition) is 2. The van der Waals surface area contributed by atoms with Gasteiger partial charge in [-0.15, -0.1) is 0 Å². The number of hydrogen-bond donors (Lipinski definition) is 1. The third-order valence-electron chi connectivity index (χ3n) is 1.65. The lowest BCUT2D eigenvalue weighted by atomic mass is 10.1. The first kappa shape index (κ1) is 9.63. The highest BCUT2D eigenvalue weighted by molar-refractivity contribution is 5.56. The van der Waals surface area contributed by atoms with Crippen molar-refractivity contribution in [2.45, 2.75) is 32.2 Å². The van der Waals surface area contributed by atoms with Crippen molar-refractivity contribution >= 4 is 6.21 Å². The van der Waals surface area contributed by atoms with E-state index in [-0.39, 0.29) is 0 Å². The third kappa shape index (κ3) is 5.76. The second-order valence-electron chi connectivity index (χ2n) is 2.56. The van der Waals surface area contributed by atoms with Gasteiger partial charge < -0.3 is 10.3 Å². The molecular formula is C8H18N2. The molecule has 10 heavy (non-hydrogen) atoms. The molecule has 0 aliphatic rings. The highest BCUT2D eigenvalue weighted by atomic mass is 14.8. The molecule has 0 saturated heterocycles. The van der Waals surface area contributed by atoms with E-state index < -0.39 is 0 Å². The number of unbranched alkanes of at least 4 members (excludes halogenated alkanes) is 1. The molecule has 0 aromatic rings. The van der Waals surface area contributed by atoms with Crippen molar-refractivity contribution in [3.63, 3.8) is 0 Å². The molecule has 0 bridgehead atoms. The summed E-state index contributed by atoms with van der Waals surface area (Å²) < 4.78 is 0. The van der Waals surface area contributed by atoms with Crippen molar-refractivity contribution in [2.75, 3.05) is 14.1 Å². The molecule has 0 heterocycles. The van der Waals surface area contributed by atoms with Crippen LogP contribution in [0.25, 0.3) is 0 Å². The zero-order valence-corrected chi connectivity index (χ0v) is 7.22. The van der Waals surface area contributed by atoms with Gasteiger partial charge in [0.05, 0.1) is 0 Å². The molecule has 0 radical (unpaired) electrons. The van der Waals surface area contributed by atoms with E-state index in [1.54, 1.807) is 0 Å². The number of nitrogens with zero attached hydrogens (tertiary/aromatic N) is 1. The standard InChI is InChI=1S/C8H18N2/c1-8(10-3)6-4-5-7-9-2/h7-8,10H,4-6H2,1-3H3/b9-7+. The van der Waals surface area contributed by atoms with Gasteiger partial charge in [0.1, 0.15) is 0 Å². The molecule has 60 valence electrons. The van der Waals surface area contributed by atoms with Crippen molar-refractivity contribution < 1.29 is 0 Å². The van der Waals surface area contributed by atoms with Gasteiger partial charge in [-0.2, -0.15) is 0 Å². The van der Waals surface area contributed by atoms with E-state index in [1.165, 1.54) is 12.8 Å². The molecule has 1 atom stereocenters. The first-order valence-electron chi connectivity index (χ1n) is 3.89. The Morgan fingerprint density at radius 1 is 1.60 bits per heavy atom. The molecule has 2 nitrogen and oxygen atoms in total. The Morgan fingerprint density at radius 3 is 2.80 bits per heavy atom. The van der Waals surface area contributed by atoms with Crippen LogP contribution in [0.3, 0.4) is 0 Å². The maximum Gasteiger partial charge on any atom is 0.0273 e. The molecule has 0 amide bonds. The van der Waals surface area contributed by atoms with Crippen LogP contribution in [0.2, 0.25) is 0 Å². The highest BCUT2D eigenvalue weighted by Crippen LogP contribution is 1.97. The summed E-state index contributed by atoms with van der Waals surface area (Å²) in [5.74, 6) is 0. The molecule has 0 aromatic carbocycles. The molecular weight excluding hydrogens is 124 g/mol. The summed E-state index contributed by atoms with van der Waals surface area (Å²) in [5, 5.41) is 3.20. The largest absolute Gasteiger partial charge is 0.317 e. The van der Waals surface area contributed by atoms with E-state index in [9.17, 15) is 0 Å². The van der Waals surface area contributed by atoms with Crippen molar-refractivity contribution in [1.82, 2.24) is 5.32 Å². The fraction of sp³-hybridized carbons (Fsp3) is 0.875. The average Bonchev–Trinajstić information content (AvgIpc) is 1.98. The van der Waals surface area contributed by atoms with Crippen LogP contribution in [-0.4, -0.2) is 26.4 Å². The topological polar surface area (TPSA) is 24.4 Å². The molecule has 0 aliphatic heterocycles.